The zero-order valence-electron chi connectivity index (χ0n) is 14.4. The van der Waals surface area contributed by atoms with Crippen LogP contribution in [0, 0.1) is 0 Å². The van der Waals surface area contributed by atoms with E-state index in [4.69, 9.17) is 11.6 Å². The Morgan fingerprint density at radius 1 is 0.885 bits per heavy atom. The zero-order valence-corrected chi connectivity index (χ0v) is 15.1. The van der Waals surface area contributed by atoms with E-state index in [1.807, 2.05) is 18.2 Å². The Morgan fingerprint density at radius 2 is 1.54 bits per heavy atom. The van der Waals surface area contributed by atoms with Gasteiger partial charge in [0.15, 0.2) is 0 Å². The molecule has 0 radical (unpaired) electrons. The molecule has 2 nitrogen and oxygen atoms in total. The first-order valence-corrected chi connectivity index (χ1v) is 8.95. The van der Waals surface area contributed by atoms with E-state index in [2.05, 4.69) is 48.6 Å². The number of anilines is 1. The average Bonchev–Trinajstić information content (AvgIpc) is 3.00. The number of hydrogen-bond acceptors (Lipinski definition) is 1. The number of rotatable bonds is 3. The van der Waals surface area contributed by atoms with Crippen molar-refractivity contribution in [3.63, 3.8) is 0 Å². The van der Waals surface area contributed by atoms with Crippen LogP contribution in [-0.2, 0) is 0 Å². The fourth-order valence-corrected chi connectivity index (χ4v) is 3.62. The van der Waals surface area contributed by atoms with Gasteiger partial charge in [-0.15, -0.1) is 0 Å². The second kappa shape index (κ2) is 6.81. The Bertz CT molecular complexity index is 1000. The van der Waals surface area contributed by atoms with Crippen molar-refractivity contribution in [1.82, 2.24) is 0 Å². The number of nitrogens with one attached hydrogen (secondary N) is 1. The molecule has 0 saturated carbocycles. The third kappa shape index (κ3) is 3.04. The SMILES string of the molecule is CC1=CC(c2ccccc2NC(=O)c2ccc(Cl)cc2)c2ccccc21. The number of amides is 1. The minimum atomic E-state index is -0.138. The number of carbonyl (C=O) groups is 1. The molecule has 0 saturated heterocycles. The molecule has 0 bridgehead atoms. The van der Waals surface area contributed by atoms with Gasteiger partial charge in [-0.05, 0) is 59.5 Å². The molecular formula is C23H18ClNO. The summed E-state index contributed by atoms with van der Waals surface area (Å²) in [5, 5.41) is 3.67. The van der Waals surface area contributed by atoms with Crippen LogP contribution in [0.5, 0.6) is 0 Å². The third-order valence-electron chi connectivity index (χ3n) is 4.79. The summed E-state index contributed by atoms with van der Waals surface area (Å²) in [6, 6.07) is 23.3. The fourth-order valence-electron chi connectivity index (χ4n) is 3.49. The number of fused-ring (bicyclic) bond motifs is 1. The summed E-state index contributed by atoms with van der Waals surface area (Å²) in [7, 11) is 0. The van der Waals surface area contributed by atoms with Crippen LogP contribution < -0.4 is 5.32 Å². The summed E-state index contributed by atoms with van der Waals surface area (Å²) in [5.74, 6) is 0.00835. The third-order valence-corrected chi connectivity index (χ3v) is 5.04. The van der Waals surface area contributed by atoms with Crippen molar-refractivity contribution in [1.29, 1.82) is 0 Å². The Hall–Kier alpha value is -2.84. The number of halogens is 1. The Balaban J connectivity index is 1.68. The van der Waals surface area contributed by atoms with Gasteiger partial charge in [0, 0.05) is 22.2 Å². The molecule has 1 aliphatic carbocycles. The van der Waals surface area contributed by atoms with Gasteiger partial charge in [0.05, 0.1) is 0 Å². The van der Waals surface area contributed by atoms with Crippen LogP contribution >= 0.6 is 11.6 Å². The molecule has 1 N–H and O–H groups in total. The maximum atomic E-state index is 12.6. The van der Waals surface area contributed by atoms with Gasteiger partial charge in [0.1, 0.15) is 0 Å². The molecule has 0 aromatic heterocycles. The van der Waals surface area contributed by atoms with Crippen molar-refractivity contribution in [2.75, 3.05) is 5.32 Å². The van der Waals surface area contributed by atoms with E-state index in [0.29, 0.717) is 10.6 Å². The van der Waals surface area contributed by atoms with E-state index in [9.17, 15) is 4.79 Å². The average molecular weight is 360 g/mol. The van der Waals surface area contributed by atoms with Gasteiger partial charge < -0.3 is 5.32 Å². The first-order chi connectivity index (χ1) is 12.6. The minimum absolute atomic E-state index is 0.138. The van der Waals surface area contributed by atoms with Crippen LogP contribution in [0.4, 0.5) is 5.69 Å². The molecule has 1 atom stereocenters. The summed E-state index contributed by atoms with van der Waals surface area (Å²) < 4.78 is 0. The van der Waals surface area contributed by atoms with E-state index in [1.54, 1.807) is 24.3 Å². The Labute approximate surface area is 158 Å². The van der Waals surface area contributed by atoms with Gasteiger partial charge in [0.25, 0.3) is 5.91 Å². The highest BCUT2D eigenvalue weighted by atomic mass is 35.5. The number of hydrogen-bond donors (Lipinski definition) is 1. The number of carbonyl (C=O) groups excluding carboxylic acids is 1. The van der Waals surface area contributed by atoms with Crippen LogP contribution in [0.1, 0.15) is 39.9 Å². The highest BCUT2D eigenvalue weighted by molar-refractivity contribution is 6.30. The van der Waals surface area contributed by atoms with Crippen molar-refractivity contribution >= 4 is 28.8 Å². The monoisotopic (exact) mass is 359 g/mol. The van der Waals surface area contributed by atoms with E-state index < -0.39 is 0 Å². The summed E-state index contributed by atoms with van der Waals surface area (Å²) in [4.78, 5) is 12.6. The predicted molar refractivity (Wildman–Crippen MR) is 108 cm³/mol. The highest BCUT2D eigenvalue weighted by Gasteiger charge is 2.24. The van der Waals surface area contributed by atoms with Crippen molar-refractivity contribution in [2.24, 2.45) is 0 Å². The molecule has 0 fully saturated rings. The summed E-state index contributed by atoms with van der Waals surface area (Å²) >= 11 is 5.91. The normalized spacial score (nSPS) is 15.3. The first-order valence-electron chi connectivity index (χ1n) is 8.57. The van der Waals surface area contributed by atoms with Crippen molar-refractivity contribution in [3.8, 4) is 0 Å². The van der Waals surface area contributed by atoms with Crippen LogP contribution in [0.3, 0.4) is 0 Å². The molecule has 128 valence electrons. The minimum Gasteiger partial charge on any atom is -0.322 e. The van der Waals surface area contributed by atoms with E-state index in [-0.39, 0.29) is 11.8 Å². The molecule has 1 unspecified atom stereocenters. The van der Waals surface area contributed by atoms with Gasteiger partial charge in [0.2, 0.25) is 0 Å². The topological polar surface area (TPSA) is 29.1 Å². The lowest BCUT2D eigenvalue weighted by Crippen LogP contribution is -2.14. The van der Waals surface area contributed by atoms with Gasteiger partial charge >= 0.3 is 0 Å². The molecule has 3 aromatic rings. The first kappa shape index (κ1) is 16.6. The smallest absolute Gasteiger partial charge is 0.255 e. The van der Waals surface area contributed by atoms with Crippen molar-refractivity contribution in [3.05, 3.63) is 106 Å². The summed E-state index contributed by atoms with van der Waals surface area (Å²) in [6.07, 6.45) is 2.26. The number of allylic oxidation sites excluding steroid dienone is 2. The Kier molecular flexibility index (Phi) is 4.36. The molecule has 3 aromatic carbocycles. The van der Waals surface area contributed by atoms with Gasteiger partial charge in [-0.1, -0.05) is 60.1 Å². The van der Waals surface area contributed by atoms with Gasteiger partial charge in [-0.3, -0.25) is 4.79 Å². The molecule has 3 heteroatoms. The van der Waals surface area contributed by atoms with E-state index >= 15 is 0 Å². The Morgan fingerprint density at radius 3 is 2.31 bits per heavy atom. The molecule has 1 amide bonds. The van der Waals surface area contributed by atoms with Crippen LogP contribution in [0.2, 0.25) is 5.02 Å². The summed E-state index contributed by atoms with van der Waals surface area (Å²) in [6.45, 7) is 2.13. The second-order valence-corrected chi connectivity index (χ2v) is 6.90. The second-order valence-electron chi connectivity index (χ2n) is 6.46. The number of para-hydroxylation sites is 1. The molecule has 4 rings (SSSR count). The zero-order chi connectivity index (χ0) is 18.1. The van der Waals surface area contributed by atoms with E-state index in [1.165, 1.54) is 16.7 Å². The number of benzene rings is 3. The van der Waals surface area contributed by atoms with Crippen LogP contribution in [0.15, 0.2) is 78.9 Å². The van der Waals surface area contributed by atoms with Gasteiger partial charge in [-0.2, -0.15) is 0 Å². The molecule has 26 heavy (non-hydrogen) atoms. The van der Waals surface area contributed by atoms with Crippen molar-refractivity contribution < 1.29 is 4.79 Å². The maximum absolute atomic E-state index is 12.6. The quantitative estimate of drug-likeness (QED) is 0.597. The lowest BCUT2D eigenvalue weighted by molar-refractivity contribution is 0.102. The summed E-state index contributed by atoms with van der Waals surface area (Å²) in [5.41, 5.74) is 6.33. The predicted octanol–water partition coefficient (Wildman–Crippen LogP) is 6.14. The molecule has 0 heterocycles. The van der Waals surface area contributed by atoms with E-state index in [0.717, 1.165) is 11.3 Å². The van der Waals surface area contributed by atoms with Crippen LogP contribution in [0.25, 0.3) is 5.57 Å². The molecule has 0 spiro atoms. The lowest BCUT2D eigenvalue weighted by Gasteiger charge is -2.17. The lowest BCUT2D eigenvalue weighted by atomic mass is 9.91. The van der Waals surface area contributed by atoms with Crippen molar-refractivity contribution in [2.45, 2.75) is 12.8 Å². The largest absolute Gasteiger partial charge is 0.322 e. The molecule has 0 aliphatic heterocycles. The highest BCUT2D eigenvalue weighted by Crippen LogP contribution is 2.41. The van der Waals surface area contributed by atoms with Gasteiger partial charge in [-0.25, -0.2) is 0 Å². The molecular weight excluding hydrogens is 342 g/mol. The maximum Gasteiger partial charge on any atom is 0.255 e. The standard InChI is InChI=1S/C23H18ClNO/c1-15-14-21(19-7-3-2-6-18(15)19)20-8-4-5-9-22(20)25-23(26)16-10-12-17(24)13-11-16/h2-14,21H,1H3,(H,25,26). The fraction of sp³-hybridized carbons (Fsp3) is 0.0870. The molecule has 1 aliphatic rings. The van der Waals surface area contributed by atoms with Crippen LogP contribution in [-0.4, -0.2) is 5.91 Å².